The van der Waals surface area contributed by atoms with Crippen LogP contribution >= 0.6 is 11.6 Å². The molecule has 3 aromatic rings. The SMILES string of the molecule is Nc1ccc(N(Cc2ccccc2)Cc2ccccc2)c(Cl)c1. The van der Waals surface area contributed by atoms with E-state index in [-0.39, 0.29) is 0 Å². The zero-order chi connectivity index (χ0) is 16.1. The molecule has 23 heavy (non-hydrogen) atoms. The number of benzene rings is 3. The number of rotatable bonds is 5. The average molecular weight is 323 g/mol. The molecule has 0 bridgehead atoms. The zero-order valence-electron chi connectivity index (χ0n) is 12.8. The molecular formula is C20H19ClN2. The minimum absolute atomic E-state index is 0.678. The van der Waals surface area contributed by atoms with E-state index < -0.39 is 0 Å². The predicted octanol–water partition coefficient (Wildman–Crippen LogP) is 5.13. The second-order valence-electron chi connectivity index (χ2n) is 5.54. The molecule has 0 heterocycles. The molecule has 0 saturated heterocycles. The maximum Gasteiger partial charge on any atom is 0.0660 e. The van der Waals surface area contributed by atoms with Crippen molar-refractivity contribution in [1.82, 2.24) is 0 Å². The van der Waals surface area contributed by atoms with Gasteiger partial charge in [0.25, 0.3) is 0 Å². The highest BCUT2D eigenvalue weighted by Crippen LogP contribution is 2.30. The van der Waals surface area contributed by atoms with Gasteiger partial charge in [-0.1, -0.05) is 72.3 Å². The molecule has 0 amide bonds. The van der Waals surface area contributed by atoms with Crippen molar-refractivity contribution in [2.24, 2.45) is 0 Å². The van der Waals surface area contributed by atoms with Gasteiger partial charge in [-0.25, -0.2) is 0 Å². The third-order valence-corrected chi connectivity index (χ3v) is 4.05. The van der Waals surface area contributed by atoms with Gasteiger partial charge < -0.3 is 10.6 Å². The van der Waals surface area contributed by atoms with Crippen LogP contribution in [0.5, 0.6) is 0 Å². The first kappa shape index (κ1) is 15.4. The van der Waals surface area contributed by atoms with Crippen molar-refractivity contribution < 1.29 is 0 Å². The van der Waals surface area contributed by atoms with Crippen LogP contribution in [-0.2, 0) is 13.1 Å². The van der Waals surface area contributed by atoms with Crippen LogP contribution < -0.4 is 10.6 Å². The maximum atomic E-state index is 6.44. The Labute approximate surface area is 142 Å². The number of nitrogens with zero attached hydrogens (tertiary/aromatic N) is 1. The van der Waals surface area contributed by atoms with Gasteiger partial charge in [0, 0.05) is 18.8 Å². The molecule has 0 unspecified atom stereocenters. The monoisotopic (exact) mass is 322 g/mol. The topological polar surface area (TPSA) is 29.3 Å². The molecule has 3 rings (SSSR count). The lowest BCUT2D eigenvalue weighted by atomic mass is 10.1. The van der Waals surface area contributed by atoms with Crippen LogP contribution in [0.2, 0.25) is 5.02 Å². The molecule has 2 nitrogen and oxygen atoms in total. The summed E-state index contributed by atoms with van der Waals surface area (Å²) in [7, 11) is 0. The van der Waals surface area contributed by atoms with Gasteiger partial charge in [-0.05, 0) is 29.3 Å². The first-order valence-electron chi connectivity index (χ1n) is 7.60. The predicted molar refractivity (Wildman–Crippen MR) is 98.6 cm³/mol. The Bertz CT molecular complexity index is 716. The third kappa shape index (κ3) is 4.05. The third-order valence-electron chi connectivity index (χ3n) is 3.74. The molecule has 0 fully saturated rings. The van der Waals surface area contributed by atoms with E-state index in [1.54, 1.807) is 6.07 Å². The summed E-state index contributed by atoms with van der Waals surface area (Å²) in [4.78, 5) is 2.27. The molecule has 0 aliphatic carbocycles. The Hall–Kier alpha value is -2.45. The quantitative estimate of drug-likeness (QED) is 0.660. The first-order chi connectivity index (χ1) is 11.2. The van der Waals surface area contributed by atoms with E-state index in [9.17, 15) is 0 Å². The van der Waals surface area contributed by atoms with Crippen LogP contribution in [0.3, 0.4) is 0 Å². The molecular weight excluding hydrogens is 304 g/mol. The molecule has 116 valence electrons. The normalized spacial score (nSPS) is 10.5. The van der Waals surface area contributed by atoms with Crippen molar-refractivity contribution in [1.29, 1.82) is 0 Å². The highest BCUT2D eigenvalue weighted by Gasteiger charge is 2.12. The largest absolute Gasteiger partial charge is 0.399 e. The van der Waals surface area contributed by atoms with Crippen LogP contribution in [0, 0.1) is 0 Å². The number of hydrogen-bond donors (Lipinski definition) is 1. The highest BCUT2D eigenvalue weighted by molar-refractivity contribution is 6.33. The Morgan fingerprint density at radius 2 is 1.26 bits per heavy atom. The van der Waals surface area contributed by atoms with E-state index in [0.29, 0.717) is 10.7 Å². The van der Waals surface area contributed by atoms with Crippen LogP contribution in [0.1, 0.15) is 11.1 Å². The van der Waals surface area contributed by atoms with Gasteiger partial charge in [0.15, 0.2) is 0 Å². The lowest BCUT2D eigenvalue weighted by Gasteiger charge is -2.26. The fraction of sp³-hybridized carbons (Fsp3) is 0.100. The van der Waals surface area contributed by atoms with Gasteiger partial charge in [-0.2, -0.15) is 0 Å². The molecule has 0 aliphatic rings. The van der Waals surface area contributed by atoms with Gasteiger partial charge in [-0.3, -0.25) is 0 Å². The van der Waals surface area contributed by atoms with Crippen molar-refractivity contribution in [2.45, 2.75) is 13.1 Å². The van der Waals surface area contributed by atoms with E-state index in [2.05, 4.69) is 53.4 Å². The van der Waals surface area contributed by atoms with Crippen molar-refractivity contribution in [3.05, 3.63) is 95.0 Å². The smallest absolute Gasteiger partial charge is 0.0660 e. The van der Waals surface area contributed by atoms with E-state index in [0.717, 1.165) is 18.8 Å². The molecule has 0 aliphatic heterocycles. The van der Waals surface area contributed by atoms with Crippen molar-refractivity contribution >= 4 is 23.0 Å². The Kier molecular flexibility index (Phi) is 4.84. The number of anilines is 2. The molecule has 0 radical (unpaired) electrons. The molecule has 3 aromatic carbocycles. The molecule has 0 saturated carbocycles. The summed E-state index contributed by atoms with van der Waals surface area (Å²) in [6.07, 6.45) is 0. The summed E-state index contributed by atoms with van der Waals surface area (Å²) in [5.41, 5.74) is 10.00. The van der Waals surface area contributed by atoms with Crippen LogP contribution in [-0.4, -0.2) is 0 Å². The van der Waals surface area contributed by atoms with Crippen molar-refractivity contribution in [3.63, 3.8) is 0 Å². The lowest BCUT2D eigenvalue weighted by Crippen LogP contribution is -2.22. The van der Waals surface area contributed by atoms with E-state index >= 15 is 0 Å². The fourth-order valence-corrected chi connectivity index (χ4v) is 2.92. The molecule has 2 N–H and O–H groups in total. The Morgan fingerprint density at radius 3 is 1.74 bits per heavy atom. The van der Waals surface area contributed by atoms with Gasteiger partial charge >= 0.3 is 0 Å². The Balaban J connectivity index is 1.92. The molecule has 0 spiro atoms. The van der Waals surface area contributed by atoms with E-state index in [4.69, 9.17) is 17.3 Å². The van der Waals surface area contributed by atoms with Gasteiger partial charge in [0.2, 0.25) is 0 Å². The summed E-state index contributed by atoms with van der Waals surface area (Å²) in [5, 5.41) is 0.678. The van der Waals surface area contributed by atoms with E-state index in [1.165, 1.54) is 11.1 Å². The molecule has 3 heteroatoms. The maximum absolute atomic E-state index is 6.44. The van der Waals surface area contributed by atoms with Crippen molar-refractivity contribution in [3.8, 4) is 0 Å². The second-order valence-corrected chi connectivity index (χ2v) is 5.95. The van der Waals surface area contributed by atoms with Crippen LogP contribution in [0.15, 0.2) is 78.9 Å². The average Bonchev–Trinajstić information content (AvgIpc) is 2.56. The van der Waals surface area contributed by atoms with Gasteiger partial charge in [0.05, 0.1) is 10.7 Å². The zero-order valence-corrected chi connectivity index (χ0v) is 13.6. The van der Waals surface area contributed by atoms with Gasteiger partial charge in [-0.15, -0.1) is 0 Å². The first-order valence-corrected chi connectivity index (χ1v) is 7.98. The minimum atomic E-state index is 0.678. The van der Waals surface area contributed by atoms with Gasteiger partial charge in [0.1, 0.15) is 0 Å². The number of hydrogen-bond acceptors (Lipinski definition) is 2. The van der Waals surface area contributed by atoms with Crippen molar-refractivity contribution in [2.75, 3.05) is 10.6 Å². The summed E-state index contributed by atoms with van der Waals surface area (Å²) >= 11 is 6.44. The highest BCUT2D eigenvalue weighted by atomic mass is 35.5. The Morgan fingerprint density at radius 1 is 0.739 bits per heavy atom. The second kappa shape index (κ2) is 7.21. The number of nitrogens with two attached hydrogens (primary N) is 1. The number of halogens is 1. The summed E-state index contributed by atoms with van der Waals surface area (Å²) in [6.45, 7) is 1.58. The minimum Gasteiger partial charge on any atom is -0.399 e. The number of nitrogen functional groups attached to an aromatic ring is 1. The van der Waals surface area contributed by atoms with E-state index in [1.807, 2.05) is 24.3 Å². The van der Waals surface area contributed by atoms with Crippen LogP contribution in [0.25, 0.3) is 0 Å². The summed E-state index contributed by atoms with van der Waals surface area (Å²) < 4.78 is 0. The van der Waals surface area contributed by atoms with Crippen LogP contribution in [0.4, 0.5) is 11.4 Å². The summed E-state index contributed by atoms with van der Waals surface area (Å²) in [5.74, 6) is 0. The lowest BCUT2D eigenvalue weighted by molar-refractivity contribution is 0.800. The fourth-order valence-electron chi connectivity index (χ4n) is 2.61. The molecule has 0 atom stereocenters. The standard InChI is InChI=1S/C20H19ClN2/c21-19-13-18(22)11-12-20(19)23(14-16-7-3-1-4-8-16)15-17-9-5-2-6-10-17/h1-13H,14-15,22H2. The molecule has 0 aromatic heterocycles. The summed E-state index contributed by atoms with van der Waals surface area (Å²) in [6, 6.07) is 26.5.